The van der Waals surface area contributed by atoms with Crippen molar-refractivity contribution >= 4 is 22.7 Å². The molecule has 0 saturated heterocycles. The SMILES string of the molecule is COc1cc2oc(Sc3ccc(O)cc3)cc(=O)c2c(OC)c1OC. The Morgan fingerprint density at radius 1 is 0.960 bits per heavy atom. The lowest BCUT2D eigenvalue weighted by atomic mass is 10.2. The van der Waals surface area contributed by atoms with Crippen LogP contribution in [0.2, 0.25) is 0 Å². The first-order chi connectivity index (χ1) is 12.1. The van der Waals surface area contributed by atoms with Crippen molar-refractivity contribution in [2.45, 2.75) is 9.99 Å². The van der Waals surface area contributed by atoms with Crippen LogP contribution in [-0.2, 0) is 0 Å². The summed E-state index contributed by atoms with van der Waals surface area (Å²) in [6, 6.07) is 9.60. The zero-order valence-corrected chi connectivity index (χ0v) is 14.7. The number of methoxy groups -OCH3 is 3. The molecule has 3 rings (SSSR count). The molecule has 0 saturated carbocycles. The molecule has 3 aromatic rings. The lowest BCUT2D eigenvalue weighted by Gasteiger charge is -2.14. The third-order valence-corrected chi connectivity index (χ3v) is 4.47. The molecule has 1 heterocycles. The van der Waals surface area contributed by atoms with Gasteiger partial charge in [-0.25, -0.2) is 0 Å². The largest absolute Gasteiger partial charge is 0.508 e. The second kappa shape index (κ2) is 6.98. The highest BCUT2D eigenvalue weighted by Gasteiger charge is 2.20. The van der Waals surface area contributed by atoms with Crippen molar-refractivity contribution in [2.75, 3.05) is 21.3 Å². The third-order valence-electron chi connectivity index (χ3n) is 3.55. The first-order valence-electron chi connectivity index (χ1n) is 7.31. The van der Waals surface area contributed by atoms with Crippen molar-refractivity contribution < 1.29 is 23.7 Å². The van der Waals surface area contributed by atoms with E-state index in [-0.39, 0.29) is 22.3 Å². The molecular formula is C18H16O6S. The molecule has 6 nitrogen and oxygen atoms in total. The van der Waals surface area contributed by atoms with E-state index in [9.17, 15) is 9.90 Å². The molecule has 0 atom stereocenters. The summed E-state index contributed by atoms with van der Waals surface area (Å²) in [5.41, 5.74) is 0.0867. The molecule has 0 amide bonds. The molecule has 0 bridgehead atoms. The zero-order valence-electron chi connectivity index (χ0n) is 13.9. The van der Waals surface area contributed by atoms with Gasteiger partial charge in [-0.15, -0.1) is 0 Å². The molecule has 0 aliphatic heterocycles. The van der Waals surface area contributed by atoms with Crippen LogP contribution in [0.1, 0.15) is 0 Å². The van der Waals surface area contributed by atoms with Crippen LogP contribution in [0, 0.1) is 0 Å². The van der Waals surface area contributed by atoms with Gasteiger partial charge in [-0.2, -0.15) is 0 Å². The smallest absolute Gasteiger partial charge is 0.204 e. The van der Waals surface area contributed by atoms with Gasteiger partial charge in [0.25, 0.3) is 0 Å². The van der Waals surface area contributed by atoms with Crippen LogP contribution in [0.3, 0.4) is 0 Å². The molecule has 130 valence electrons. The normalized spacial score (nSPS) is 10.7. The zero-order chi connectivity index (χ0) is 18.0. The van der Waals surface area contributed by atoms with Gasteiger partial charge in [-0.1, -0.05) is 11.8 Å². The number of fused-ring (bicyclic) bond motifs is 1. The van der Waals surface area contributed by atoms with Gasteiger partial charge in [0.15, 0.2) is 22.0 Å². The van der Waals surface area contributed by atoms with E-state index in [0.717, 1.165) is 4.90 Å². The Kier molecular flexibility index (Phi) is 4.76. The van der Waals surface area contributed by atoms with E-state index in [1.807, 2.05) is 0 Å². The summed E-state index contributed by atoms with van der Waals surface area (Å²) in [5.74, 6) is 1.18. The molecule has 1 aromatic heterocycles. The molecule has 0 fully saturated rings. The summed E-state index contributed by atoms with van der Waals surface area (Å²) in [6.07, 6.45) is 0. The van der Waals surface area contributed by atoms with Crippen molar-refractivity contribution in [3.63, 3.8) is 0 Å². The van der Waals surface area contributed by atoms with E-state index in [0.29, 0.717) is 22.2 Å². The number of phenolic OH excluding ortho intramolecular Hbond substituents is 1. The molecular weight excluding hydrogens is 344 g/mol. The Morgan fingerprint density at radius 2 is 1.64 bits per heavy atom. The minimum Gasteiger partial charge on any atom is -0.508 e. The highest BCUT2D eigenvalue weighted by molar-refractivity contribution is 7.99. The fourth-order valence-corrected chi connectivity index (χ4v) is 3.25. The summed E-state index contributed by atoms with van der Waals surface area (Å²) >= 11 is 1.27. The highest BCUT2D eigenvalue weighted by Crippen LogP contribution is 2.43. The average Bonchev–Trinajstić information content (AvgIpc) is 2.61. The standard InChI is InChI=1S/C18H16O6S/c1-21-14-9-13-16(18(23-3)17(14)22-2)12(20)8-15(24-13)25-11-6-4-10(19)5-7-11/h4-9,19H,1-3H3. The summed E-state index contributed by atoms with van der Waals surface area (Å²) in [4.78, 5) is 13.4. The first kappa shape index (κ1) is 17.0. The molecule has 0 aliphatic rings. The highest BCUT2D eigenvalue weighted by atomic mass is 32.2. The van der Waals surface area contributed by atoms with Crippen molar-refractivity contribution in [3.8, 4) is 23.0 Å². The molecule has 0 aliphatic carbocycles. The van der Waals surface area contributed by atoms with Gasteiger partial charge in [-0.3, -0.25) is 4.79 Å². The van der Waals surface area contributed by atoms with Gasteiger partial charge in [0.05, 0.1) is 21.3 Å². The van der Waals surface area contributed by atoms with Gasteiger partial charge < -0.3 is 23.7 Å². The van der Waals surface area contributed by atoms with Gasteiger partial charge in [0.1, 0.15) is 16.7 Å². The average molecular weight is 360 g/mol. The van der Waals surface area contributed by atoms with E-state index < -0.39 is 0 Å². The van der Waals surface area contributed by atoms with Crippen LogP contribution in [-0.4, -0.2) is 26.4 Å². The summed E-state index contributed by atoms with van der Waals surface area (Å²) in [5, 5.41) is 10.1. The fraction of sp³-hybridized carbons (Fsp3) is 0.167. The van der Waals surface area contributed by atoms with E-state index in [1.54, 1.807) is 30.3 Å². The predicted molar refractivity (Wildman–Crippen MR) is 94.4 cm³/mol. The molecule has 1 N–H and O–H groups in total. The molecule has 7 heteroatoms. The predicted octanol–water partition coefficient (Wildman–Crippen LogP) is 3.68. The number of hydrogen-bond donors (Lipinski definition) is 1. The van der Waals surface area contributed by atoms with Crippen molar-refractivity contribution in [1.82, 2.24) is 0 Å². The van der Waals surface area contributed by atoms with Crippen LogP contribution < -0.4 is 19.6 Å². The Bertz CT molecular complexity index is 962. The van der Waals surface area contributed by atoms with Gasteiger partial charge in [0, 0.05) is 17.0 Å². The van der Waals surface area contributed by atoms with Crippen molar-refractivity contribution in [1.29, 1.82) is 0 Å². The van der Waals surface area contributed by atoms with E-state index in [2.05, 4.69) is 0 Å². The minimum atomic E-state index is -0.250. The van der Waals surface area contributed by atoms with E-state index in [1.165, 1.54) is 39.2 Å². The van der Waals surface area contributed by atoms with Gasteiger partial charge >= 0.3 is 0 Å². The number of phenols is 1. The molecule has 2 aromatic carbocycles. The second-order valence-corrected chi connectivity index (χ2v) is 6.12. The minimum absolute atomic E-state index is 0.172. The fourth-order valence-electron chi connectivity index (χ4n) is 2.45. The molecule has 0 radical (unpaired) electrons. The number of rotatable bonds is 5. The Hall–Kier alpha value is -2.80. The summed E-state index contributed by atoms with van der Waals surface area (Å²) < 4.78 is 21.8. The van der Waals surface area contributed by atoms with E-state index >= 15 is 0 Å². The quantitative estimate of drug-likeness (QED) is 0.743. The first-order valence-corrected chi connectivity index (χ1v) is 8.12. The van der Waals surface area contributed by atoms with Crippen LogP contribution >= 0.6 is 11.8 Å². The van der Waals surface area contributed by atoms with Crippen molar-refractivity contribution in [2.24, 2.45) is 0 Å². The molecule has 0 unspecified atom stereocenters. The van der Waals surface area contributed by atoms with Crippen LogP contribution in [0.4, 0.5) is 0 Å². The lowest BCUT2D eigenvalue weighted by Crippen LogP contribution is -2.05. The van der Waals surface area contributed by atoms with Gasteiger partial charge in [0.2, 0.25) is 5.75 Å². The topological polar surface area (TPSA) is 78.1 Å². The number of ether oxygens (including phenoxy) is 3. The maximum absolute atomic E-state index is 12.6. The third kappa shape index (κ3) is 3.23. The maximum atomic E-state index is 12.6. The monoisotopic (exact) mass is 360 g/mol. The summed E-state index contributed by atoms with van der Waals surface area (Å²) in [6.45, 7) is 0. The Morgan fingerprint density at radius 3 is 2.24 bits per heavy atom. The van der Waals surface area contributed by atoms with Gasteiger partial charge in [-0.05, 0) is 24.3 Å². The number of benzene rings is 2. The van der Waals surface area contributed by atoms with Crippen LogP contribution in [0.5, 0.6) is 23.0 Å². The Balaban J connectivity index is 2.15. The number of aromatic hydroxyl groups is 1. The molecule has 25 heavy (non-hydrogen) atoms. The molecule has 0 spiro atoms. The lowest BCUT2D eigenvalue weighted by molar-refractivity contribution is 0.325. The summed E-state index contributed by atoms with van der Waals surface area (Å²) in [7, 11) is 4.43. The van der Waals surface area contributed by atoms with E-state index in [4.69, 9.17) is 18.6 Å². The maximum Gasteiger partial charge on any atom is 0.204 e. The van der Waals surface area contributed by atoms with Crippen LogP contribution in [0.15, 0.2) is 55.6 Å². The number of hydrogen-bond acceptors (Lipinski definition) is 7. The Labute approximate surface area is 147 Å². The van der Waals surface area contributed by atoms with Crippen molar-refractivity contribution in [3.05, 3.63) is 46.6 Å². The second-order valence-electron chi connectivity index (χ2n) is 5.04. The van der Waals surface area contributed by atoms with Crippen LogP contribution in [0.25, 0.3) is 11.0 Å².